The first-order valence-corrected chi connectivity index (χ1v) is 7.98. The molecule has 24 heavy (non-hydrogen) atoms. The van der Waals surface area contributed by atoms with E-state index in [2.05, 4.69) is 10.6 Å². The Bertz CT molecular complexity index is 676. The van der Waals surface area contributed by atoms with Crippen LogP contribution >= 0.6 is 11.6 Å². The van der Waals surface area contributed by atoms with Crippen LogP contribution in [0.15, 0.2) is 48.5 Å². The highest BCUT2D eigenvalue weighted by Crippen LogP contribution is 2.20. The maximum atomic E-state index is 12.2. The Hall–Kier alpha value is -2.08. The number of methoxy groups -OCH3 is 1. The molecule has 0 fully saturated rings. The SMILES string of the molecule is COC(C)c1cccc(NC(=O)NC(CO)c2ccc(Cl)cc2)c1. The van der Waals surface area contributed by atoms with Crippen LogP contribution in [0.1, 0.15) is 30.2 Å². The second-order valence-corrected chi connectivity index (χ2v) is 5.83. The van der Waals surface area contributed by atoms with E-state index in [1.807, 2.05) is 25.1 Å². The summed E-state index contributed by atoms with van der Waals surface area (Å²) >= 11 is 5.85. The summed E-state index contributed by atoms with van der Waals surface area (Å²) in [6.45, 7) is 1.72. The number of halogens is 1. The first-order valence-electron chi connectivity index (χ1n) is 7.60. The molecule has 2 atom stereocenters. The van der Waals surface area contributed by atoms with Gasteiger partial charge in [-0.2, -0.15) is 0 Å². The van der Waals surface area contributed by atoms with Gasteiger partial charge in [0.2, 0.25) is 0 Å². The van der Waals surface area contributed by atoms with Crippen molar-refractivity contribution >= 4 is 23.3 Å². The first-order chi connectivity index (χ1) is 11.5. The number of carbonyl (C=O) groups is 1. The van der Waals surface area contributed by atoms with Crippen molar-refractivity contribution in [1.82, 2.24) is 5.32 Å². The molecule has 0 spiro atoms. The lowest BCUT2D eigenvalue weighted by molar-refractivity contribution is 0.119. The minimum Gasteiger partial charge on any atom is -0.394 e. The Morgan fingerprint density at radius 2 is 1.92 bits per heavy atom. The fourth-order valence-corrected chi connectivity index (χ4v) is 2.39. The standard InChI is InChI=1S/C18H21ClN2O3/c1-12(24-2)14-4-3-5-16(10-14)20-18(23)21-17(11-22)13-6-8-15(19)9-7-13/h3-10,12,17,22H,11H2,1-2H3,(H2,20,21,23). The van der Waals surface area contributed by atoms with Crippen LogP contribution in [0.2, 0.25) is 5.02 Å². The number of carbonyl (C=O) groups excluding carboxylic acids is 1. The molecule has 0 radical (unpaired) electrons. The van der Waals surface area contributed by atoms with Crippen LogP contribution in [0.4, 0.5) is 10.5 Å². The van der Waals surface area contributed by atoms with E-state index in [1.165, 1.54) is 0 Å². The van der Waals surface area contributed by atoms with E-state index < -0.39 is 12.1 Å². The average molecular weight is 349 g/mol. The van der Waals surface area contributed by atoms with Crippen molar-refractivity contribution < 1.29 is 14.6 Å². The van der Waals surface area contributed by atoms with Gasteiger partial charge in [-0.05, 0) is 42.3 Å². The quantitative estimate of drug-likeness (QED) is 0.741. The molecule has 0 bridgehead atoms. The smallest absolute Gasteiger partial charge is 0.319 e. The molecule has 0 saturated carbocycles. The van der Waals surface area contributed by atoms with Gasteiger partial charge in [-0.15, -0.1) is 0 Å². The molecule has 0 aliphatic heterocycles. The topological polar surface area (TPSA) is 70.6 Å². The van der Waals surface area contributed by atoms with Gasteiger partial charge in [-0.25, -0.2) is 4.79 Å². The van der Waals surface area contributed by atoms with E-state index in [1.54, 1.807) is 37.4 Å². The monoisotopic (exact) mass is 348 g/mol. The fraction of sp³-hybridized carbons (Fsp3) is 0.278. The van der Waals surface area contributed by atoms with E-state index in [0.29, 0.717) is 10.7 Å². The highest BCUT2D eigenvalue weighted by Gasteiger charge is 2.14. The van der Waals surface area contributed by atoms with Gasteiger partial charge < -0.3 is 20.5 Å². The number of benzene rings is 2. The zero-order valence-corrected chi connectivity index (χ0v) is 14.4. The number of aliphatic hydroxyl groups is 1. The Labute approximate surface area is 146 Å². The maximum absolute atomic E-state index is 12.2. The van der Waals surface area contributed by atoms with Crippen LogP contribution in [-0.2, 0) is 4.74 Å². The van der Waals surface area contributed by atoms with Gasteiger partial charge >= 0.3 is 6.03 Å². The van der Waals surface area contributed by atoms with Crippen LogP contribution in [-0.4, -0.2) is 24.9 Å². The molecule has 2 aromatic carbocycles. The van der Waals surface area contributed by atoms with Crippen LogP contribution < -0.4 is 10.6 Å². The summed E-state index contributed by atoms with van der Waals surface area (Å²) in [5, 5.41) is 15.6. The summed E-state index contributed by atoms with van der Waals surface area (Å²) in [4.78, 5) is 12.2. The van der Waals surface area contributed by atoms with Gasteiger partial charge in [0.05, 0.1) is 18.8 Å². The predicted octanol–water partition coefficient (Wildman–Crippen LogP) is 3.90. The molecule has 0 aromatic heterocycles. The molecule has 6 heteroatoms. The van der Waals surface area contributed by atoms with Gasteiger partial charge in [0, 0.05) is 17.8 Å². The molecule has 2 aromatic rings. The van der Waals surface area contributed by atoms with E-state index in [-0.39, 0.29) is 12.7 Å². The lowest BCUT2D eigenvalue weighted by Crippen LogP contribution is -2.34. The number of hydrogen-bond acceptors (Lipinski definition) is 3. The molecule has 3 N–H and O–H groups in total. The van der Waals surface area contributed by atoms with Crippen LogP contribution in [0.5, 0.6) is 0 Å². The Kier molecular flexibility index (Phi) is 6.61. The van der Waals surface area contributed by atoms with Gasteiger partial charge in [0.25, 0.3) is 0 Å². The van der Waals surface area contributed by atoms with Crippen LogP contribution in [0.25, 0.3) is 0 Å². The summed E-state index contributed by atoms with van der Waals surface area (Å²) in [6, 6.07) is 13.5. The van der Waals surface area contributed by atoms with Crippen molar-refractivity contribution in [2.45, 2.75) is 19.1 Å². The fourth-order valence-electron chi connectivity index (χ4n) is 2.26. The third-order valence-corrected chi connectivity index (χ3v) is 3.98. The Morgan fingerprint density at radius 1 is 1.21 bits per heavy atom. The summed E-state index contributed by atoms with van der Waals surface area (Å²) in [6.07, 6.45) is -0.0610. The van der Waals surface area contributed by atoms with Gasteiger partial charge in [-0.1, -0.05) is 35.9 Å². The van der Waals surface area contributed by atoms with Crippen LogP contribution in [0.3, 0.4) is 0 Å². The molecule has 0 aliphatic carbocycles. The van der Waals surface area contributed by atoms with Crippen molar-refractivity contribution in [3.63, 3.8) is 0 Å². The van der Waals surface area contributed by atoms with Crippen molar-refractivity contribution in [1.29, 1.82) is 0 Å². The number of amides is 2. The second kappa shape index (κ2) is 8.68. The molecule has 128 valence electrons. The number of rotatable bonds is 6. The molecule has 2 amide bonds. The minimum atomic E-state index is -0.511. The van der Waals surface area contributed by atoms with Crippen LogP contribution in [0, 0.1) is 0 Å². The predicted molar refractivity (Wildman–Crippen MR) is 95.3 cm³/mol. The molecular formula is C18H21ClN2O3. The second-order valence-electron chi connectivity index (χ2n) is 5.39. The molecule has 0 aliphatic rings. The van der Waals surface area contributed by atoms with E-state index >= 15 is 0 Å². The number of nitrogens with one attached hydrogen (secondary N) is 2. The van der Waals surface area contributed by atoms with E-state index in [0.717, 1.165) is 11.1 Å². The number of urea groups is 1. The summed E-state index contributed by atoms with van der Waals surface area (Å²) in [7, 11) is 1.63. The van der Waals surface area contributed by atoms with Crippen molar-refractivity contribution in [3.8, 4) is 0 Å². The van der Waals surface area contributed by atoms with Crippen molar-refractivity contribution in [2.24, 2.45) is 0 Å². The van der Waals surface area contributed by atoms with E-state index in [9.17, 15) is 9.90 Å². The lowest BCUT2D eigenvalue weighted by Gasteiger charge is -2.18. The molecular weight excluding hydrogens is 328 g/mol. The molecule has 0 saturated heterocycles. The minimum absolute atomic E-state index is 0.0610. The number of ether oxygens (including phenoxy) is 1. The van der Waals surface area contributed by atoms with Crippen molar-refractivity contribution in [3.05, 3.63) is 64.7 Å². The zero-order chi connectivity index (χ0) is 17.5. The number of aliphatic hydroxyl groups excluding tert-OH is 1. The van der Waals surface area contributed by atoms with Gasteiger partial charge in [0.1, 0.15) is 0 Å². The third kappa shape index (κ3) is 4.96. The van der Waals surface area contributed by atoms with Gasteiger partial charge in [0.15, 0.2) is 0 Å². The molecule has 2 unspecified atom stereocenters. The van der Waals surface area contributed by atoms with Crippen molar-refractivity contribution in [2.75, 3.05) is 19.0 Å². The molecule has 2 rings (SSSR count). The lowest BCUT2D eigenvalue weighted by atomic mass is 10.1. The first kappa shape index (κ1) is 18.3. The highest BCUT2D eigenvalue weighted by molar-refractivity contribution is 6.30. The zero-order valence-electron chi connectivity index (χ0n) is 13.6. The Morgan fingerprint density at radius 3 is 2.54 bits per heavy atom. The number of hydrogen-bond donors (Lipinski definition) is 3. The third-order valence-electron chi connectivity index (χ3n) is 3.73. The molecule has 5 nitrogen and oxygen atoms in total. The summed E-state index contributed by atoms with van der Waals surface area (Å²) < 4.78 is 5.27. The average Bonchev–Trinajstić information content (AvgIpc) is 2.60. The largest absolute Gasteiger partial charge is 0.394 e. The van der Waals surface area contributed by atoms with E-state index in [4.69, 9.17) is 16.3 Å². The Balaban J connectivity index is 2.02. The summed E-state index contributed by atoms with van der Waals surface area (Å²) in [5.74, 6) is 0. The van der Waals surface area contributed by atoms with Gasteiger partial charge in [-0.3, -0.25) is 0 Å². The number of anilines is 1. The normalized spacial score (nSPS) is 13.2. The molecule has 0 heterocycles. The summed E-state index contributed by atoms with van der Waals surface area (Å²) in [5.41, 5.74) is 2.40. The maximum Gasteiger partial charge on any atom is 0.319 e. The highest BCUT2D eigenvalue weighted by atomic mass is 35.5.